The molecular weight excluding hydrogens is 507 g/mol. The van der Waals surface area contributed by atoms with Crippen molar-refractivity contribution in [2.75, 3.05) is 13.6 Å². The quantitative estimate of drug-likeness (QED) is 0.398. The van der Waals surface area contributed by atoms with Gasteiger partial charge in [-0.3, -0.25) is 14.6 Å². The first-order valence-electron chi connectivity index (χ1n) is 14.3. The van der Waals surface area contributed by atoms with E-state index in [1.165, 1.54) is 6.07 Å². The summed E-state index contributed by atoms with van der Waals surface area (Å²) in [6.45, 7) is 4.41. The van der Waals surface area contributed by atoms with Crippen molar-refractivity contribution in [3.8, 4) is 11.3 Å². The average molecular weight is 547 g/mol. The molecule has 3 atom stereocenters. The average Bonchev–Trinajstić information content (AvgIpc) is 3.47. The molecule has 1 aliphatic carbocycles. The SMILES string of the molecule is CN[C@@H](C)C(=O)N[C@H](C(=O)N1CCC[C@H]1c1cccc(-c2ccc(F)c3ccccc23)n1)C1(C)CCC(O)CC1. The van der Waals surface area contributed by atoms with E-state index in [2.05, 4.69) is 17.6 Å². The number of carbonyl (C=O) groups is 2. The number of benzene rings is 2. The van der Waals surface area contributed by atoms with Gasteiger partial charge in [0.05, 0.1) is 29.6 Å². The van der Waals surface area contributed by atoms with Crippen LogP contribution >= 0.6 is 0 Å². The van der Waals surface area contributed by atoms with Crippen LogP contribution in [-0.2, 0) is 9.59 Å². The largest absolute Gasteiger partial charge is 0.393 e. The normalized spacial score (nSPS) is 24.6. The molecule has 0 radical (unpaired) electrons. The van der Waals surface area contributed by atoms with Gasteiger partial charge in [-0.05, 0) is 87.6 Å². The van der Waals surface area contributed by atoms with Crippen LogP contribution in [0.4, 0.5) is 4.39 Å². The number of likely N-dealkylation sites (N-methyl/N-ethyl adjacent to an activating group) is 1. The summed E-state index contributed by atoms with van der Waals surface area (Å²) in [6.07, 6.45) is 3.77. The smallest absolute Gasteiger partial charge is 0.246 e. The van der Waals surface area contributed by atoms with Crippen molar-refractivity contribution in [1.29, 1.82) is 0 Å². The number of aromatic nitrogens is 1. The van der Waals surface area contributed by atoms with Crippen LogP contribution < -0.4 is 10.6 Å². The van der Waals surface area contributed by atoms with Crippen LogP contribution in [0.1, 0.15) is 64.1 Å². The van der Waals surface area contributed by atoms with E-state index in [1.54, 1.807) is 26.1 Å². The minimum atomic E-state index is -0.701. The van der Waals surface area contributed by atoms with E-state index < -0.39 is 17.5 Å². The van der Waals surface area contributed by atoms with Gasteiger partial charge in [0, 0.05) is 17.5 Å². The Labute approximate surface area is 235 Å². The molecule has 2 fully saturated rings. The number of amides is 2. The van der Waals surface area contributed by atoms with Crippen LogP contribution in [0.15, 0.2) is 54.6 Å². The summed E-state index contributed by atoms with van der Waals surface area (Å²) in [5.74, 6) is -0.586. The molecule has 1 saturated heterocycles. The van der Waals surface area contributed by atoms with Crippen LogP contribution in [0.25, 0.3) is 22.0 Å². The monoisotopic (exact) mass is 546 g/mol. The van der Waals surface area contributed by atoms with Crippen LogP contribution in [0.2, 0.25) is 0 Å². The zero-order valence-corrected chi connectivity index (χ0v) is 23.5. The maximum absolute atomic E-state index is 14.5. The molecule has 8 heteroatoms. The fourth-order valence-electron chi connectivity index (χ4n) is 6.26. The van der Waals surface area contributed by atoms with Gasteiger partial charge < -0.3 is 20.6 Å². The molecule has 1 aliphatic heterocycles. The third kappa shape index (κ3) is 5.47. The van der Waals surface area contributed by atoms with Gasteiger partial charge in [0.2, 0.25) is 11.8 Å². The van der Waals surface area contributed by atoms with E-state index in [-0.39, 0.29) is 29.8 Å². The molecule has 2 aliphatic rings. The molecule has 3 aromatic rings. The first-order chi connectivity index (χ1) is 19.2. The Bertz CT molecular complexity index is 1390. The van der Waals surface area contributed by atoms with Crippen LogP contribution in [-0.4, -0.2) is 58.6 Å². The Hall–Kier alpha value is -3.36. The third-order valence-electron chi connectivity index (χ3n) is 8.95. The molecule has 0 unspecified atom stereocenters. The molecule has 1 saturated carbocycles. The van der Waals surface area contributed by atoms with Crippen molar-refractivity contribution in [3.05, 3.63) is 66.1 Å². The zero-order valence-electron chi connectivity index (χ0n) is 23.5. The number of nitrogens with one attached hydrogen (secondary N) is 2. The minimum Gasteiger partial charge on any atom is -0.393 e. The number of carbonyl (C=O) groups excluding carboxylic acids is 2. The van der Waals surface area contributed by atoms with E-state index in [1.807, 2.05) is 41.3 Å². The molecule has 212 valence electrons. The van der Waals surface area contributed by atoms with Crippen molar-refractivity contribution in [2.24, 2.45) is 5.41 Å². The fourth-order valence-corrected chi connectivity index (χ4v) is 6.26. The Morgan fingerprint density at radius 3 is 2.50 bits per heavy atom. The number of hydrogen-bond donors (Lipinski definition) is 3. The Morgan fingerprint density at radius 1 is 1.05 bits per heavy atom. The molecule has 0 bridgehead atoms. The molecule has 0 spiro atoms. The van der Waals surface area contributed by atoms with Gasteiger partial charge in [-0.2, -0.15) is 0 Å². The second-order valence-corrected chi connectivity index (χ2v) is 11.6. The number of nitrogens with zero attached hydrogens (tertiary/aromatic N) is 2. The highest BCUT2D eigenvalue weighted by molar-refractivity contribution is 5.96. The second kappa shape index (κ2) is 11.6. The molecule has 2 heterocycles. The van der Waals surface area contributed by atoms with Crippen LogP contribution in [0.5, 0.6) is 0 Å². The maximum Gasteiger partial charge on any atom is 0.246 e. The predicted molar refractivity (Wildman–Crippen MR) is 154 cm³/mol. The van der Waals surface area contributed by atoms with Gasteiger partial charge >= 0.3 is 0 Å². The van der Waals surface area contributed by atoms with Crippen LogP contribution in [0, 0.1) is 11.2 Å². The molecule has 2 amide bonds. The number of halogens is 1. The number of aliphatic hydroxyl groups is 1. The number of fused-ring (bicyclic) bond motifs is 1. The molecule has 40 heavy (non-hydrogen) atoms. The van der Waals surface area contributed by atoms with Crippen LogP contribution in [0.3, 0.4) is 0 Å². The highest BCUT2D eigenvalue weighted by atomic mass is 19.1. The Kier molecular flexibility index (Phi) is 8.19. The van der Waals surface area contributed by atoms with Gasteiger partial charge in [-0.15, -0.1) is 0 Å². The van der Waals surface area contributed by atoms with Gasteiger partial charge in [0.25, 0.3) is 0 Å². The minimum absolute atomic E-state index is 0.0996. The summed E-state index contributed by atoms with van der Waals surface area (Å²) >= 11 is 0. The summed E-state index contributed by atoms with van der Waals surface area (Å²) in [5.41, 5.74) is 1.90. The number of pyridine rings is 1. The number of likely N-dealkylation sites (tertiary alicyclic amines) is 1. The van der Waals surface area contributed by atoms with Gasteiger partial charge in [-0.25, -0.2) is 4.39 Å². The van der Waals surface area contributed by atoms with Crippen molar-refractivity contribution in [3.63, 3.8) is 0 Å². The highest BCUT2D eigenvalue weighted by Gasteiger charge is 2.46. The van der Waals surface area contributed by atoms with E-state index in [0.717, 1.165) is 35.2 Å². The summed E-state index contributed by atoms with van der Waals surface area (Å²) < 4.78 is 14.5. The number of rotatable bonds is 7. The summed E-state index contributed by atoms with van der Waals surface area (Å²) in [6, 6.07) is 15.0. The first-order valence-corrected chi connectivity index (χ1v) is 14.3. The standard InChI is InChI=1S/C32H39FN4O3/c1-20(34-3)30(39)36-29(32(2)17-15-21(38)16-18-32)31(40)37-19-7-12-28(37)27-11-6-10-26(35-27)24-13-14-25(33)23-9-5-4-8-22(23)24/h4-6,8-11,13-14,20-21,28-29,34,38H,7,12,15-19H2,1-3H3,(H,36,39)/t20-,21?,28-,29+,32?/m0/s1. The second-order valence-electron chi connectivity index (χ2n) is 11.6. The van der Waals surface area contributed by atoms with E-state index >= 15 is 0 Å². The number of hydrogen-bond acceptors (Lipinski definition) is 5. The van der Waals surface area contributed by atoms with Crippen molar-refractivity contribution in [2.45, 2.75) is 76.6 Å². The summed E-state index contributed by atoms with van der Waals surface area (Å²) in [4.78, 5) is 34.2. The van der Waals surface area contributed by atoms with Gasteiger partial charge in [-0.1, -0.05) is 37.3 Å². The van der Waals surface area contributed by atoms with Crippen molar-refractivity contribution < 1.29 is 19.1 Å². The van der Waals surface area contributed by atoms with E-state index in [4.69, 9.17) is 4.98 Å². The summed E-state index contributed by atoms with van der Waals surface area (Å²) in [7, 11) is 1.72. The van der Waals surface area contributed by atoms with Crippen molar-refractivity contribution in [1.82, 2.24) is 20.5 Å². The lowest BCUT2D eigenvalue weighted by atomic mass is 9.69. The maximum atomic E-state index is 14.5. The Balaban J connectivity index is 1.46. The predicted octanol–water partition coefficient (Wildman–Crippen LogP) is 4.74. The van der Waals surface area contributed by atoms with E-state index in [0.29, 0.717) is 37.6 Å². The molecular formula is C32H39FN4O3. The lowest BCUT2D eigenvalue weighted by molar-refractivity contribution is -0.142. The fraction of sp³-hybridized carbons (Fsp3) is 0.469. The lowest BCUT2D eigenvalue weighted by Crippen LogP contribution is -2.59. The summed E-state index contributed by atoms with van der Waals surface area (Å²) in [5, 5.41) is 17.5. The molecule has 5 rings (SSSR count). The number of aliphatic hydroxyl groups excluding tert-OH is 1. The van der Waals surface area contributed by atoms with Gasteiger partial charge in [0.1, 0.15) is 11.9 Å². The molecule has 1 aromatic heterocycles. The Morgan fingerprint density at radius 2 is 1.77 bits per heavy atom. The molecule has 3 N–H and O–H groups in total. The molecule has 2 aromatic carbocycles. The topological polar surface area (TPSA) is 94.6 Å². The highest BCUT2D eigenvalue weighted by Crippen LogP contribution is 2.42. The van der Waals surface area contributed by atoms with E-state index in [9.17, 15) is 19.1 Å². The van der Waals surface area contributed by atoms with Crippen molar-refractivity contribution >= 4 is 22.6 Å². The molecule has 7 nitrogen and oxygen atoms in total. The lowest BCUT2D eigenvalue weighted by Gasteiger charge is -2.43. The van der Waals surface area contributed by atoms with Gasteiger partial charge in [0.15, 0.2) is 0 Å². The first kappa shape index (κ1) is 28.2. The third-order valence-corrected chi connectivity index (χ3v) is 8.95. The zero-order chi connectivity index (χ0) is 28.4.